The van der Waals surface area contributed by atoms with Crippen LogP contribution < -0.4 is 20.5 Å². The van der Waals surface area contributed by atoms with Gasteiger partial charge in [0.05, 0.1) is 0 Å². The molecule has 0 spiro atoms. The van der Waals surface area contributed by atoms with Crippen molar-refractivity contribution in [1.29, 1.82) is 0 Å². The third kappa shape index (κ3) is 4.22. The Bertz CT molecular complexity index is 731. The smallest absolute Gasteiger partial charge is 0.244 e. The molecule has 0 bridgehead atoms. The number of fused-ring (bicyclic) bond motifs is 1. The SMILES string of the molecule is Nc1ncc(/C=C/C(=O)NCCC2COc3ccccc3O2)cn1. The van der Waals surface area contributed by atoms with Crippen molar-refractivity contribution in [3.63, 3.8) is 0 Å². The van der Waals surface area contributed by atoms with E-state index in [9.17, 15) is 4.79 Å². The van der Waals surface area contributed by atoms with Gasteiger partial charge in [-0.3, -0.25) is 4.79 Å². The lowest BCUT2D eigenvalue weighted by atomic mass is 10.2. The van der Waals surface area contributed by atoms with E-state index in [0.29, 0.717) is 25.1 Å². The first-order chi connectivity index (χ1) is 11.7. The van der Waals surface area contributed by atoms with Crippen molar-refractivity contribution >= 4 is 17.9 Å². The summed E-state index contributed by atoms with van der Waals surface area (Å²) in [7, 11) is 0. The van der Waals surface area contributed by atoms with Crippen LogP contribution in [-0.4, -0.2) is 35.1 Å². The maximum absolute atomic E-state index is 11.8. The van der Waals surface area contributed by atoms with Crippen molar-refractivity contribution < 1.29 is 14.3 Å². The van der Waals surface area contributed by atoms with E-state index in [1.807, 2.05) is 24.3 Å². The Balaban J connectivity index is 1.42. The summed E-state index contributed by atoms with van der Waals surface area (Å²) in [6.45, 7) is 0.975. The molecule has 0 saturated heterocycles. The fraction of sp³-hybridized carbons (Fsp3) is 0.235. The third-order valence-electron chi connectivity index (χ3n) is 3.45. The monoisotopic (exact) mass is 326 g/mol. The van der Waals surface area contributed by atoms with Gasteiger partial charge in [0, 0.05) is 37.0 Å². The molecule has 0 saturated carbocycles. The fourth-order valence-corrected chi connectivity index (χ4v) is 2.23. The molecule has 1 amide bonds. The largest absolute Gasteiger partial charge is 0.486 e. The van der Waals surface area contributed by atoms with Crippen LogP contribution in [0.4, 0.5) is 5.95 Å². The molecule has 0 radical (unpaired) electrons. The molecule has 124 valence electrons. The van der Waals surface area contributed by atoms with E-state index in [0.717, 1.165) is 11.5 Å². The van der Waals surface area contributed by atoms with Gasteiger partial charge >= 0.3 is 0 Å². The lowest BCUT2D eigenvalue weighted by molar-refractivity contribution is -0.116. The molecular weight excluding hydrogens is 308 g/mol. The number of anilines is 1. The van der Waals surface area contributed by atoms with Crippen molar-refractivity contribution in [1.82, 2.24) is 15.3 Å². The van der Waals surface area contributed by atoms with E-state index >= 15 is 0 Å². The van der Waals surface area contributed by atoms with Crippen molar-refractivity contribution in [2.75, 3.05) is 18.9 Å². The van der Waals surface area contributed by atoms with Crippen molar-refractivity contribution in [3.05, 3.63) is 48.3 Å². The number of rotatable bonds is 5. The molecule has 1 unspecified atom stereocenters. The minimum Gasteiger partial charge on any atom is -0.486 e. The second-order valence-corrected chi connectivity index (χ2v) is 5.29. The lowest BCUT2D eigenvalue weighted by Gasteiger charge is -2.26. The molecule has 24 heavy (non-hydrogen) atoms. The topological polar surface area (TPSA) is 99.4 Å². The van der Waals surface area contributed by atoms with Gasteiger partial charge in [-0.1, -0.05) is 12.1 Å². The summed E-state index contributed by atoms with van der Waals surface area (Å²) in [5, 5.41) is 2.81. The standard InChI is InChI=1S/C17H18N4O3/c18-17-20-9-12(10-21-17)5-6-16(22)19-8-7-13-11-23-14-3-1-2-4-15(14)24-13/h1-6,9-10,13H,7-8,11H2,(H,19,22)(H2,18,20,21)/b6-5+. The number of nitrogen functional groups attached to an aromatic ring is 1. The molecule has 3 rings (SSSR count). The molecule has 1 aromatic heterocycles. The third-order valence-corrected chi connectivity index (χ3v) is 3.45. The predicted octanol–water partition coefficient (Wildman–Crippen LogP) is 1.42. The van der Waals surface area contributed by atoms with E-state index in [1.165, 1.54) is 6.08 Å². The van der Waals surface area contributed by atoms with Crippen LogP contribution in [0.3, 0.4) is 0 Å². The maximum atomic E-state index is 11.8. The molecule has 7 nitrogen and oxygen atoms in total. The van der Waals surface area contributed by atoms with Crippen LogP contribution in [0.15, 0.2) is 42.7 Å². The molecule has 3 N–H and O–H groups in total. The van der Waals surface area contributed by atoms with Crippen LogP contribution in [-0.2, 0) is 4.79 Å². The summed E-state index contributed by atoms with van der Waals surface area (Å²) in [6.07, 6.45) is 6.76. The van der Waals surface area contributed by atoms with Gasteiger partial charge in [-0.25, -0.2) is 9.97 Å². The molecule has 1 aromatic carbocycles. The van der Waals surface area contributed by atoms with E-state index in [4.69, 9.17) is 15.2 Å². The van der Waals surface area contributed by atoms with E-state index in [1.54, 1.807) is 18.5 Å². The molecule has 1 aliphatic rings. The summed E-state index contributed by atoms with van der Waals surface area (Å²) in [5.41, 5.74) is 6.11. The summed E-state index contributed by atoms with van der Waals surface area (Å²) >= 11 is 0. The Morgan fingerprint density at radius 1 is 1.29 bits per heavy atom. The predicted molar refractivity (Wildman–Crippen MR) is 89.5 cm³/mol. The number of nitrogens with one attached hydrogen (secondary N) is 1. The van der Waals surface area contributed by atoms with E-state index in [-0.39, 0.29) is 18.0 Å². The van der Waals surface area contributed by atoms with Crippen LogP contribution in [0, 0.1) is 0 Å². The van der Waals surface area contributed by atoms with Gasteiger partial charge in [0.1, 0.15) is 12.7 Å². The van der Waals surface area contributed by atoms with Crippen LogP contribution in [0.1, 0.15) is 12.0 Å². The zero-order valence-electron chi connectivity index (χ0n) is 13.0. The van der Waals surface area contributed by atoms with Gasteiger partial charge in [0.15, 0.2) is 11.5 Å². The highest BCUT2D eigenvalue weighted by atomic mass is 16.6. The molecule has 1 aliphatic heterocycles. The van der Waals surface area contributed by atoms with Crippen LogP contribution in [0.2, 0.25) is 0 Å². The number of ether oxygens (including phenoxy) is 2. The quantitative estimate of drug-likeness (QED) is 0.806. The Morgan fingerprint density at radius 3 is 2.83 bits per heavy atom. The molecular formula is C17H18N4O3. The number of hydrogen-bond acceptors (Lipinski definition) is 6. The summed E-state index contributed by atoms with van der Waals surface area (Å²) in [4.78, 5) is 19.5. The zero-order chi connectivity index (χ0) is 16.8. The van der Waals surface area contributed by atoms with Crippen LogP contribution in [0.25, 0.3) is 6.08 Å². The van der Waals surface area contributed by atoms with Gasteiger partial charge in [0.25, 0.3) is 0 Å². The Kier molecular flexibility index (Phi) is 4.90. The second-order valence-electron chi connectivity index (χ2n) is 5.29. The molecule has 2 heterocycles. The average molecular weight is 326 g/mol. The molecule has 7 heteroatoms. The highest BCUT2D eigenvalue weighted by Gasteiger charge is 2.20. The van der Waals surface area contributed by atoms with Gasteiger partial charge < -0.3 is 20.5 Å². The van der Waals surface area contributed by atoms with Gasteiger partial charge in [0.2, 0.25) is 11.9 Å². The number of carbonyl (C=O) groups excluding carboxylic acids is 1. The number of para-hydroxylation sites is 2. The number of nitrogens with zero attached hydrogens (tertiary/aromatic N) is 2. The van der Waals surface area contributed by atoms with Crippen LogP contribution in [0.5, 0.6) is 11.5 Å². The Morgan fingerprint density at radius 2 is 2.04 bits per heavy atom. The first-order valence-electron chi connectivity index (χ1n) is 7.62. The number of nitrogens with two attached hydrogens (primary N) is 1. The first-order valence-corrected chi connectivity index (χ1v) is 7.62. The van der Waals surface area contributed by atoms with Crippen molar-refractivity contribution in [2.45, 2.75) is 12.5 Å². The average Bonchev–Trinajstić information content (AvgIpc) is 2.61. The minimum absolute atomic E-state index is 0.0744. The number of benzene rings is 1. The maximum Gasteiger partial charge on any atom is 0.244 e. The normalized spacial score (nSPS) is 16.1. The minimum atomic E-state index is -0.191. The number of aromatic nitrogens is 2. The molecule has 0 fully saturated rings. The molecule has 1 atom stereocenters. The van der Waals surface area contributed by atoms with Crippen molar-refractivity contribution in [3.8, 4) is 11.5 Å². The zero-order valence-corrected chi connectivity index (χ0v) is 13.0. The first kappa shape index (κ1) is 15.8. The fourth-order valence-electron chi connectivity index (χ4n) is 2.23. The Labute approximate surface area is 139 Å². The highest BCUT2D eigenvalue weighted by molar-refractivity contribution is 5.91. The lowest BCUT2D eigenvalue weighted by Crippen LogP contribution is -2.33. The van der Waals surface area contributed by atoms with Crippen LogP contribution >= 0.6 is 0 Å². The van der Waals surface area contributed by atoms with E-state index in [2.05, 4.69) is 15.3 Å². The summed E-state index contributed by atoms with van der Waals surface area (Å²) in [6, 6.07) is 7.55. The molecule has 0 aliphatic carbocycles. The Hall–Kier alpha value is -3.09. The molecule has 2 aromatic rings. The van der Waals surface area contributed by atoms with E-state index < -0.39 is 0 Å². The second kappa shape index (κ2) is 7.45. The van der Waals surface area contributed by atoms with Gasteiger partial charge in [-0.05, 0) is 18.2 Å². The number of hydrogen-bond donors (Lipinski definition) is 2. The summed E-state index contributed by atoms with van der Waals surface area (Å²) < 4.78 is 11.5. The number of carbonyl (C=O) groups is 1. The van der Waals surface area contributed by atoms with Gasteiger partial charge in [-0.2, -0.15) is 0 Å². The van der Waals surface area contributed by atoms with Crippen molar-refractivity contribution in [2.24, 2.45) is 0 Å². The van der Waals surface area contributed by atoms with Gasteiger partial charge in [-0.15, -0.1) is 0 Å². The number of amides is 1. The summed E-state index contributed by atoms with van der Waals surface area (Å²) in [5.74, 6) is 1.51. The highest BCUT2D eigenvalue weighted by Crippen LogP contribution is 2.31.